The third kappa shape index (κ3) is 5.65. The molecule has 4 aliphatic rings. The van der Waals surface area contributed by atoms with E-state index < -0.39 is 18.1 Å². The number of benzene rings is 1. The first-order valence-corrected chi connectivity index (χ1v) is 13.3. The van der Waals surface area contributed by atoms with Gasteiger partial charge in [0.25, 0.3) is 11.8 Å². The number of nitrogens with one attached hydrogen (secondary N) is 1. The molecule has 4 heterocycles. The van der Waals surface area contributed by atoms with Gasteiger partial charge in [-0.3, -0.25) is 24.5 Å². The molecular formula is C27H35N3O7. The first-order valence-electron chi connectivity index (χ1n) is 13.3. The predicted octanol–water partition coefficient (Wildman–Crippen LogP) is 1.79. The van der Waals surface area contributed by atoms with Crippen LogP contribution in [0, 0.1) is 0 Å². The van der Waals surface area contributed by atoms with Gasteiger partial charge in [0.1, 0.15) is 24.5 Å². The molecule has 10 nitrogen and oxygen atoms in total. The Bertz CT molecular complexity index is 1050. The van der Waals surface area contributed by atoms with Crippen LogP contribution in [0.25, 0.3) is 0 Å². The first kappa shape index (κ1) is 25.7. The molecule has 0 radical (unpaired) electrons. The van der Waals surface area contributed by atoms with Crippen LogP contribution in [0.1, 0.15) is 67.8 Å². The van der Waals surface area contributed by atoms with E-state index in [0.29, 0.717) is 50.6 Å². The van der Waals surface area contributed by atoms with Gasteiger partial charge in [0.15, 0.2) is 0 Å². The lowest BCUT2D eigenvalue weighted by Gasteiger charge is -2.37. The molecule has 3 saturated heterocycles. The molecule has 0 aliphatic carbocycles. The van der Waals surface area contributed by atoms with Crippen molar-refractivity contribution in [1.29, 1.82) is 0 Å². The second kappa shape index (κ2) is 11.2. The average Bonchev–Trinajstić information content (AvgIpc) is 3.23. The zero-order chi connectivity index (χ0) is 25.9. The number of hydrogen-bond donors (Lipinski definition) is 1. The van der Waals surface area contributed by atoms with Gasteiger partial charge in [-0.15, -0.1) is 0 Å². The number of likely N-dealkylation sites (tertiary alicyclic amines) is 1. The van der Waals surface area contributed by atoms with Crippen molar-refractivity contribution in [3.05, 3.63) is 29.3 Å². The number of piperidine rings is 2. The largest absolute Gasteiger partial charge is 0.491 e. The number of carbonyl (C=O) groups is 4. The van der Waals surface area contributed by atoms with Gasteiger partial charge in [0, 0.05) is 38.3 Å². The Morgan fingerprint density at radius 2 is 1.95 bits per heavy atom. The molecule has 200 valence electrons. The van der Waals surface area contributed by atoms with Crippen LogP contribution in [-0.4, -0.2) is 84.1 Å². The van der Waals surface area contributed by atoms with E-state index in [2.05, 4.69) is 5.32 Å². The number of ether oxygens (including phenoxy) is 3. The molecule has 0 bridgehead atoms. The van der Waals surface area contributed by atoms with Gasteiger partial charge in [0.2, 0.25) is 11.8 Å². The van der Waals surface area contributed by atoms with Crippen molar-refractivity contribution in [3.8, 4) is 5.75 Å². The maximum Gasteiger partial charge on any atom is 0.255 e. The molecule has 10 heteroatoms. The highest BCUT2D eigenvalue weighted by molar-refractivity contribution is 6.05. The molecule has 1 unspecified atom stereocenters. The lowest BCUT2D eigenvalue weighted by atomic mass is 10.0. The van der Waals surface area contributed by atoms with Crippen LogP contribution in [0.2, 0.25) is 0 Å². The summed E-state index contributed by atoms with van der Waals surface area (Å²) in [5, 5.41) is 2.32. The van der Waals surface area contributed by atoms with Crippen LogP contribution in [0.15, 0.2) is 18.2 Å². The van der Waals surface area contributed by atoms with Crippen LogP contribution in [-0.2, 0) is 30.4 Å². The number of nitrogens with zero attached hydrogens (tertiary/aromatic N) is 2. The van der Waals surface area contributed by atoms with Crippen LogP contribution in [0.5, 0.6) is 5.75 Å². The second-order valence-corrected chi connectivity index (χ2v) is 10.3. The fraction of sp³-hybridized carbons (Fsp3) is 0.630. The minimum atomic E-state index is -0.644. The lowest BCUT2D eigenvalue weighted by Crippen LogP contribution is -2.52. The molecule has 0 spiro atoms. The molecule has 3 fully saturated rings. The van der Waals surface area contributed by atoms with Gasteiger partial charge in [-0.1, -0.05) is 0 Å². The quantitative estimate of drug-likeness (QED) is 0.553. The van der Waals surface area contributed by atoms with E-state index in [1.54, 1.807) is 12.1 Å². The van der Waals surface area contributed by atoms with Crippen molar-refractivity contribution >= 4 is 23.6 Å². The summed E-state index contributed by atoms with van der Waals surface area (Å²) in [6.07, 6.45) is 4.58. The zero-order valence-corrected chi connectivity index (χ0v) is 21.3. The zero-order valence-electron chi connectivity index (χ0n) is 21.3. The minimum absolute atomic E-state index is 0.000719. The smallest absolute Gasteiger partial charge is 0.255 e. The number of hydrogen-bond acceptors (Lipinski definition) is 7. The Hall–Kier alpha value is -2.98. The van der Waals surface area contributed by atoms with Crippen molar-refractivity contribution in [3.63, 3.8) is 0 Å². The maximum absolute atomic E-state index is 13.2. The third-order valence-electron chi connectivity index (χ3n) is 7.76. The maximum atomic E-state index is 13.2. The molecule has 1 aromatic rings. The van der Waals surface area contributed by atoms with Crippen LogP contribution in [0.4, 0.5) is 0 Å². The fourth-order valence-electron chi connectivity index (χ4n) is 5.69. The number of rotatable bonds is 7. The summed E-state index contributed by atoms with van der Waals surface area (Å²) >= 11 is 0. The van der Waals surface area contributed by atoms with E-state index in [0.717, 1.165) is 37.7 Å². The molecule has 1 aromatic carbocycles. The van der Waals surface area contributed by atoms with Gasteiger partial charge in [-0.25, -0.2) is 0 Å². The molecule has 37 heavy (non-hydrogen) atoms. The number of amides is 4. The van der Waals surface area contributed by atoms with Gasteiger partial charge < -0.3 is 24.0 Å². The number of carbonyl (C=O) groups excluding carboxylic acids is 4. The van der Waals surface area contributed by atoms with Gasteiger partial charge >= 0.3 is 0 Å². The Morgan fingerprint density at radius 1 is 1.14 bits per heavy atom. The summed E-state index contributed by atoms with van der Waals surface area (Å²) in [5.74, 6) is -0.314. The summed E-state index contributed by atoms with van der Waals surface area (Å²) in [7, 11) is 0. The standard InChI is InChI=1S/C27H35N3O7/c1-17(37-20-9-12-35-13-10-20)26(33)29-11-3-2-4-19(29)16-36-21-5-6-22-18(14-21)15-30(27(22)34)23-7-8-24(31)28-25(23)32/h5-6,14,17,19-20,23H,2-4,7-13,15-16H2,1H3,(H,28,31,32)/t17-,19-,23?/m1/s1. The van der Waals surface area contributed by atoms with E-state index in [1.165, 1.54) is 4.90 Å². The second-order valence-electron chi connectivity index (χ2n) is 10.3. The van der Waals surface area contributed by atoms with E-state index in [-0.39, 0.29) is 36.3 Å². The summed E-state index contributed by atoms with van der Waals surface area (Å²) in [4.78, 5) is 53.3. The van der Waals surface area contributed by atoms with Crippen LogP contribution < -0.4 is 10.1 Å². The number of fused-ring (bicyclic) bond motifs is 1. The third-order valence-corrected chi connectivity index (χ3v) is 7.76. The molecule has 4 amide bonds. The van der Waals surface area contributed by atoms with Crippen molar-refractivity contribution in [2.75, 3.05) is 26.4 Å². The molecule has 0 aromatic heterocycles. The molecular weight excluding hydrogens is 478 g/mol. The van der Waals surface area contributed by atoms with Crippen molar-refractivity contribution in [2.45, 2.75) is 82.7 Å². The summed E-state index contributed by atoms with van der Waals surface area (Å²) in [6.45, 7) is 4.52. The van der Waals surface area contributed by atoms with Gasteiger partial charge in [-0.05, 0) is 69.2 Å². The molecule has 5 rings (SSSR count). The summed E-state index contributed by atoms with van der Waals surface area (Å²) in [6, 6.07) is 4.64. The highest BCUT2D eigenvalue weighted by Crippen LogP contribution is 2.30. The Kier molecular flexibility index (Phi) is 7.76. The normalized spacial score (nSPS) is 25.6. The fourth-order valence-corrected chi connectivity index (χ4v) is 5.69. The Morgan fingerprint density at radius 3 is 2.73 bits per heavy atom. The van der Waals surface area contributed by atoms with Crippen molar-refractivity contribution in [2.24, 2.45) is 0 Å². The monoisotopic (exact) mass is 513 g/mol. The SMILES string of the molecule is C[C@@H](OC1CCOCC1)C(=O)N1CCCC[C@@H]1COc1ccc2c(c1)CN(C1CCC(=O)NC1=O)C2=O. The topological polar surface area (TPSA) is 114 Å². The predicted molar refractivity (Wildman–Crippen MR) is 132 cm³/mol. The summed E-state index contributed by atoms with van der Waals surface area (Å²) in [5.41, 5.74) is 1.34. The van der Waals surface area contributed by atoms with Crippen molar-refractivity contribution in [1.82, 2.24) is 15.1 Å². The minimum Gasteiger partial charge on any atom is -0.491 e. The van der Waals surface area contributed by atoms with E-state index >= 15 is 0 Å². The Labute approximate surface area is 216 Å². The van der Waals surface area contributed by atoms with Crippen molar-refractivity contribution < 1.29 is 33.4 Å². The summed E-state index contributed by atoms with van der Waals surface area (Å²) < 4.78 is 17.6. The van der Waals surface area contributed by atoms with E-state index in [4.69, 9.17) is 14.2 Å². The molecule has 4 aliphatic heterocycles. The molecule has 3 atom stereocenters. The van der Waals surface area contributed by atoms with Gasteiger partial charge in [-0.2, -0.15) is 0 Å². The first-order chi connectivity index (χ1) is 17.9. The van der Waals surface area contributed by atoms with Crippen LogP contribution >= 0.6 is 0 Å². The average molecular weight is 514 g/mol. The lowest BCUT2D eigenvalue weighted by molar-refractivity contribution is -0.154. The van der Waals surface area contributed by atoms with E-state index in [1.807, 2.05) is 17.9 Å². The Balaban J connectivity index is 1.19. The molecule has 0 saturated carbocycles. The highest BCUT2D eigenvalue weighted by atomic mass is 16.5. The van der Waals surface area contributed by atoms with Gasteiger partial charge in [0.05, 0.1) is 12.1 Å². The van der Waals surface area contributed by atoms with Crippen LogP contribution in [0.3, 0.4) is 0 Å². The van der Waals surface area contributed by atoms with E-state index in [9.17, 15) is 19.2 Å². The highest BCUT2D eigenvalue weighted by Gasteiger charge is 2.39. The molecule has 1 N–H and O–H groups in total. The number of imide groups is 1.